The Morgan fingerprint density at radius 1 is 1.41 bits per heavy atom. The molecule has 0 amide bonds. The van der Waals surface area contributed by atoms with Gasteiger partial charge in [0.05, 0.1) is 12.7 Å². The molecule has 2 aliphatic heterocycles. The summed E-state index contributed by atoms with van der Waals surface area (Å²) in [7, 11) is 0. The lowest BCUT2D eigenvalue weighted by Gasteiger charge is -2.24. The van der Waals surface area contributed by atoms with Crippen molar-refractivity contribution >= 4 is 0 Å². The molecule has 2 saturated heterocycles. The fourth-order valence-electron chi connectivity index (χ4n) is 2.42. The fourth-order valence-corrected chi connectivity index (χ4v) is 2.42. The van der Waals surface area contributed by atoms with Crippen LogP contribution in [0.5, 0.6) is 0 Å². The molecule has 0 aromatic rings. The molecule has 2 aliphatic rings. The van der Waals surface area contributed by atoms with Crippen LogP contribution >= 0.6 is 0 Å². The highest BCUT2D eigenvalue weighted by molar-refractivity contribution is 4.92. The van der Waals surface area contributed by atoms with Crippen molar-refractivity contribution in [2.75, 3.05) is 13.2 Å². The first-order valence-electron chi connectivity index (χ1n) is 5.77. The van der Waals surface area contributed by atoms with E-state index in [1.54, 1.807) is 0 Å². The Hall–Kier alpha value is -0.800. The average molecular weight is 242 g/mol. The molecular weight excluding hydrogens is 224 g/mol. The average Bonchev–Trinajstić information content (AvgIpc) is 2.72. The standard InChI is InChI=1S/C12H18O5/c1-4-14-6-5-8-9(7-13)15-11-10(8)16-12(2,3)17-11/h1,8-11,13H,5-7H2,2-3H3/t8-,9-,10-,11-/m1/s1. The first-order valence-corrected chi connectivity index (χ1v) is 5.77. The second-order valence-electron chi connectivity index (χ2n) is 4.74. The largest absolute Gasteiger partial charge is 0.447 e. The molecule has 0 bridgehead atoms. The predicted octanol–water partition coefficient (Wildman–Crippen LogP) is 0.469. The van der Waals surface area contributed by atoms with Crippen LogP contribution in [0.15, 0.2) is 0 Å². The first-order chi connectivity index (χ1) is 8.07. The van der Waals surface area contributed by atoms with Crippen molar-refractivity contribution in [3.8, 4) is 12.5 Å². The number of terminal acetylenes is 1. The van der Waals surface area contributed by atoms with Crippen molar-refractivity contribution in [2.24, 2.45) is 5.92 Å². The summed E-state index contributed by atoms with van der Waals surface area (Å²) in [5.74, 6) is -0.596. The third-order valence-electron chi connectivity index (χ3n) is 3.11. The molecule has 2 fully saturated rings. The van der Waals surface area contributed by atoms with Gasteiger partial charge in [-0.15, -0.1) is 0 Å². The maximum absolute atomic E-state index is 9.26. The van der Waals surface area contributed by atoms with Gasteiger partial charge in [-0.1, -0.05) is 6.42 Å². The molecule has 2 heterocycles. The summed E-state index contributed by atoms with van der Waals surface area (Å²) in [6, 6.07) is 0. The number of ether oxygens (including phenoxy) is 4. The van der Waals surface area contributed by atoms with Gasteiger partial charge < -0.3 is 24.1 Å². The lowest BCUT2D eigenvalue weighted by atomic mass is 9.95. The highest BCUT2D eigenvalue weighted by atomic mass is 16.8. The van der Waals surface area contributed by atoms with Gasteiger partial charge in [-0.3, -0.25) is 0 Å². The smallest absolute Gasteiger partial charge is 0.187 e. The van der Waals surface area contributed by atoms with E-state index in [0.717, 1.165) is 0 Å². The second-order valence-corrected chi connectivity index (χ2v) is 4.74. The monoisotopic (exact) mass is 242 g/mol. The quantitative estimate of drug-likeness (QED) is 0.573. The molecule has 4 atom stereocenters. The summed E-state index contributed by atoms with van der Waals surface area (Å²) < 4.78 is 21.9. The first kappa shape index (κ1) is 12.7. The molecule has 5 heteroatoms. The molecule has 0 aromatic heterocycles. The number of hydrogen-bond donors (Lipinski definition) is 1. The van der Waals surface area contributed by atoms with Gasteiger partial charge in [-0.05, 0) is 20.3 Å². The van der Waals surface area contributed by atoms with Crippen LogP contribution in [0, 0.1) is 18.4 Å². The van der Waals surface area contributed by atoms with Crippen molar-refractivity contribution in [3.63, 3.8) is 0 Å². The summed E-state index contributed by atoms with van der Waals surface area (Å²) in [6.07, 6.45) is 6.98. The Labute approximate surface area is 101 Å². The topological polar surface area (TPSA) is 57.2 Å². The van der Waals surface area contributed by atoms with Crippen LogP contribution < -0.4 is 0 Å². The molecule has 2 rings (SSSR count). The third-order valence-corrected chi connectivity index (χ3v) is 3.11. The van der Waals surface area contributed by atoms with Gasteiger partial charge in [0, 0.05) is 5.92 Å². The van der Waals surface area contributed by atoms with E-state index in [2.05, 4.69) is 6.11 Å². The zero-order valence-electron chi connectivity index (χ0n) is 10.1. The summed E-state index contributed by atoms with van der Waals surface area (Å²) in [6.45, 7) is 4.06. The van der Waals surface area contributed by atoms with E-state index in [1.807, 2.05) is 13.8 Å². The maximum atomic E-state index is 9.26. The zero-order valence-corrected chi connectivity index (χ0v) is 10.1. The van der Waals surface area contributed by atoms with Gasteiger partial charge in [0.1, 0.15) is 18.8 Å². The molecule has 96 valence electrons. The molecule has 1 N–H and O–H groups in total. The summed E-state index contributed by atoms with van der Waals surface area (Å²) >= 11 is 0. The van der Waals surface area contributed by atoms with Crippen LogP contribution in [-0.2, 0) is 18.9 Å². The van der Waals surface area contributed by atoms with E-state index < -0.39 is 12.1 Å². The Bertz CT molecular complexity index is 309. The van der Waals surface area contributed by atoms with Crippen molar-refractivity contribution in [1.82, 2.24) is 0 Å². The number of hydrogen-bond acceptors (Lipinski definition) is 5. The van der Waals surface area contributed by atoms with Gasteiger partial charge >= 0.3 is 0 Å². The lowest BCUT2D eigenvalue weighted by Crippen LogP contribution is -2.32. The van der Waals surface area contributed by atoms with E-state index in [0.29, 0.717) is 13.0 Å². The van der Waals surface area contributed by atoms with E-state index >= 15 is 0 Å². The molecule has 0 aliphatic carbocycles. The number of rotatable bonds is 4. The van der Waals surface area contributed by atoms with E-state index in [4.69, 9.17) is 25.4 Å². The Kier molecular flexibility index (Phi) is 3.59. The number of aliphatic hydroxyl groups is 1. The number of aliphatic hydroxyl groups excluding tert-OH is 1. The fraction of sp³-hybridized carbons (Fsp3) is 0.833. The van der Waals surface area contributed by atoms with Gasteiger partial charge in [0.2, 0.25) is 0 Å². The Morgan fingerprint density at radius 2 is 2.18 bits per heavy atom. The van der Waals surface area contributed by atoms with E-state index in [-0.39, 0.29) is 24.7 Å². The van der Waals surface area contributed by atoms with Crippen molar-refractivity contribution in [1.29, 1.82) is 0 Å². The van der Waals surface area contributed by atoms with Crippen LogP contribution in [0.2, 0.25) is 0 Å². The summed E-state index contributed by atoms with van der Waals surface area (Å²) in [5, 5.41) is 9.26. The maximum Gasteiger partial charge on any atom is 0.187 e. The van der Waals surface area contributed by atoms with Gasteiger partial charge in [-0.2, -0.15) is 0 Å². The van der Waals surface area contributed by atoms with Crippen LogP contribution in [0.25, 0.3) is 0 Å². The minimum atomic E-state index is -0.638. The Morgan fingerprint density at radius 3 is 2.82 bits per heavy atom. The van der Waals surface area contributed by atoms with Gasteiger partial charge in [-0.25, -0.2) is 0 Å². The normalized spacial score (nSPS) is 38.7. The highest BCUT2D eigenvalue weighted by Crippen LogP contribution is 2.41. The molecule has 0 radical (unpaired) electrons. The van der Waals surface area contributed by atoms with E-state index in [9.17, 15) is 5.11 Å². The van der Waals surface area contributed by atoms with Crippen LogP contribution in [0.1, 0.15) is 20.3 Å². The molecule has 0 spiro atoms. The molecule has 0 aromatic carbocycles. The van der Waals surface area contributed by atoms with Crippen LogP contribution in [-0.4, -0.2) is 42.6 Å². The number of fused-ring (bicyclic) bond motifs is 1. The van der Waals surface area contributed by atoms with Crippen LogP contribution in [0.3, 0.4) is 0 Å². The van der Waals surface area contributed by atoms with Crippen molar-refractivity contribution < 1.29 is 24.1 Å². The van der Waals surface area contributed by atoms with Gasteiger partial charge in [0.15, 0.2) is 12.1 Å². The second kappa shape index (κ2) is 4.83. The van der Waals surface area contributed by atoms with E-state index in [1.165, 1.54) is 0 Å². The van der Waals surface area contributed by atoms with Crippen molar-refractivity contribution in [3.05, 3.63) is 0 Å². The molecule has 5 nitrogen and oxygen atoms in total. The minimum Gasteiger partial charge on any atom is -0.447 e. The minimum absolute atomic E-state index is 0.0418. The SMILES string of the molecule is C#COCC[C@H]1[C@H]2OC(C)(C)O[C@H]2O[C@@H]1CO. The summed E-state index contributed by atoms with van der Waals surface area (Å²) in [5.41, 5.74) is 0. The summed E-state index contributed by atoms with van der Waals surface area (Å²) in [4.78, 5) is 0. The molecular formula is C12H18O5. The zero-order chi connectivity index (χ0) is 12.5. The molecule has 0 unspecified atom stereocenters. The third kappa shape index (κ3) is 2.55. The molecule has 17 heavy (non-hydrogen) atoms. The Balaban J connectivity index is 1.98. The predicted molar refractivity (Wildman–Crippen MR) is 58.7 cm³/mol. The lowest BCUT2D eigenvalue weighted by molar-refractivity contribution is -0.213. The molecule has 0 saturated carbocycles. The van der Waals surface area contributed by atoms with Crippen molar-refractivity contribution in [2.45, 2.75) is 44.6 Å². The van der Waals surface area contributed by atoms with Crippen LogP contribution in [0.4, 0.5) is 0 Å². The highest BCUT2D eigenvalue weighted by Gasteiger charge is 2.54. The van der Waals surface area contributed by atoms with Gasteiger partial charge in [0.25, 0.3) is 0 Å².